The Morgan fingerprint density at radius 2 is 1.00 bits per heavy atom. The summed E-state index contributed by atoms with van der Waals surface area (Å²) in [4.78, 5) is 19.1. The van der Waals surface area contributed by atoms with Crippen LogP contribution < -0.4 is 11.1 Å². The lowest BCUT2D eigenvalue weighted by Gasteiger charge is -1.82. The van der Waals surface area contributed by atoms with Crippen LogP contribution in [-0.2, 0) is 0 Å². The number of nitroso groups, excluding NO2 is 2. The van der Waals surface area contributed by atoms with Crippen molar-refractivity contribution in [2.75, 3.05) is 0 Å². The quantitative estimate of drug-likeness (QED) is 0.103. The number of rotatable bonds is 16. The molecule has 0 aliphatic carbocycles. The predicted octanol–water partition coefficient (Wildman–Crippen LogP) is 6.20. The van der Waals surface area contributed by atoms with Crippen molar-refractivity contribution < 1.29 is 0 Å². The summed E-state index contributed by atoms with van der Waals surface area (Å²) >= 11 is 0. The SMILES string of the molecule is CCC/C=C/C/C=C/C=C/C=N/NN=O.CCC/C=C/C/C=C/C=C/C=N/NN=O. The van der Waals surface area contributed by atoms with E-state index < -0.39 is 0 Å². The molecule has 0 radical (unpaired) electrons. The average Bonchev–Trinajstić information content (AvgIpc) is 2.76. The predicted molar refractivity (Wildman–Crippen MR) is 129 cm³/mol. The van der Waals surface area contributed by atoms with Crippen molar-refractivity contribution in [3.8, 4) is 0 Å². The first-order chi connectivity index (χ1) is 14.8. The van der Waals surface area contributed by atoms with Gasteiger partial charge >= 0.3 is 0 Å². The number of hydrogen-bond donors (Lipinski definition) is 2. The van der Waals surface area contributed by atoms with Crippen molar-refractivity contribution in [1.82, 2.24) is 11.1 Å². The molecule has 0 unspecified atom stereocenters. The maximum Gasteiger partial charge on any atom is 0.0722 e. The minimum Gasteiger partial charge on any atom is -0.164 e. The summed E-state index contributed by atoms with van der Waals surface area (Å²) in [5.41, 5.74) is 3.85. The molecule has 0 aliphatic heterocycles. The van der Waals surface area contributed by atoms with Gasteiger partial charge in [-0.1, -0.05) is 87.4 Å². The molecular formula is C22H34N6O2. The van der Waals surface area contributed by atoms with Crippen molar-refractivity contribution in [2.24, 2.45) is 20.8 Å². The number of nitrogens with zero attached hydrogens (tertiary/aromatic N) is 4. The summed E-state index contributed by atoms with van der Waals surface area (Å²) in [6.45, 7) is 4.31. The molecule has 8 heteroatoms. The highest BCUT2D eigenvalue weighted by molar-refractivity contribution is 5.71. The van der Waals surface area contributed by atoms with Gasteiger partial charge in [0.15, 0.2) is 0 Å². The van der Waals surface area contributed by atoms with Crippen LogP contribution in [0.5, 0.6) is 0 Å². The lowest BCUT2D eigenvalue weighted by Crippen LogP contribution is -1.89. The standard InChI is InChI=1S/2C11H17N3O/c2*1-2-3-4-5-6-7-8-9-10-11-12-13-14-15/h2*4-5,7-11H,2-3,6H2,1H3,(H,13,15)/b2*5-4+,8-7+,10-9+,12-11+. The Kier molecular flexibility index (Phi) is 29.1. The van der Waals surface area contributed by atoms with Crippen LogP contribution in [0, 0.1) is 9.81 Å². The van der Waals surface area contributed by atoms with Crippen LogP contribution in [0.25, 0.3) is 0 Å². The Morgan fingerprint density at radius 3 is 1.37 bits per heavy atom. The second-order valence-electron chi connectivity index (χ2n) is 5.56. The molecule has 0 rings (SSSR count). The van der Waals surface area contributed by atoms with Gasteiger partial charge in [-0.2, -0.15) is 21.3 Å². The summed E-state index contributed by atoms with van der Waals surface area (Å²) in [6, 6.07) is 0. The average molecular weight is 415 g/mol. The molecule has 0 heterocycles. The van der Waals surface area contributed by atoms with E-state index in [0.717, 1.165) is 25.7 Å². The summed E-state index contributed by atoms with van der Waals surface area (Å²) in [7, 11) is 0. The number of nitrogens with one attached hydrogen (secondary N) is 2. The largest absolute Gasteiger partial charge is 0.164 e. The number of hydrazone groups is 2. The molecule has 0 spiro atoms. The van der Waals surface area contributed by atoms with E-state index in [1.165, 1.54) is 25.3 Å². The van der Waals surface area contributed by atoms with Gasteiger partial charge in [0.25, 0.3) is 0 Å². The Balaban J connectivity index is 0. The molecule has 0 atom stereocenters. The first kappa shape index (κ1) is 28.8. The summed E-state index contributed by atoms with van der Waals surface area (Å²) in [6.07, 6.45) is 33.1. The summed E-state index contributed by atoms with van der Waals surface area (Å²) in [5.74, 6) is 0. The molecule has 30 heavy (non-hydrogen) atoms. The fourth-order valence-electron chi connectivity index (χ4n) is 1.66. The first-order valence-electron chi connectivity index (χ1n) is 9.97. The van der Waals surface area contributed by atoms with Gasteiger partial charge in [0.2, 0.25) is 0 Å². The van der Waals surface area contributed by atoms with Crippen LogP contribution in [-0.4, -0.2) is 12.4 Å². The monoisotopic (exact) mass is 414 g/mol. The normalized spacial score (nSPS) is 12.3. The highest BCUT2D eigenvalue weighted by Gasteiger charge is 1.73. The topological polar surface area (TPSA) is 108 Å². The number of hydrogen-bond acceptors (Lipinski definition) is 6. The maximum absolute atomic E-state index is 9.54. The fraction of sp³-hybridized carbons (Fsp3) is 0.364. The summed E-state index contributed by atoms with van der Waals surface area (Å²) in [5, 5.41) is 11.6. The van der Waals surface area contributed by atoms with E-state index in [0.29, 0.717) is 0 Å². The molecule has 0 aliphatic rings. The molecule has 0 aromatic heterocycles. The van der Waals surface area contributed by atoms with Crippen LogP contribution in [0.1, 0.15) is 52.4 Å². The van der Waals surface area contributed by atoms with Crippen molar-refractivity contribution >= 4 is 12.4 Å². The third kappa shape index (κ3) is 32.3. The van der Waals surface area contributed by atoms with Crippen molar-refractivity contribution in [3.63, 3.8) is 0 Å². The molecule has 0 aromatic carbocycles. The minimum atomic E-state index is 0.940. The zero-order valence-corrected chi connectivity index (χ0v) is 17.9. The second-order valence-corrected chi connectivity index (χ2v) is 5.56. The first-order valence-corrected chi connectivity index (χ1v) is 9.97. The third-order valence-electron chi connectivity index (χ3n) is 3.02. The second kappa shape index (κ2) is 30.3. The highest BCUT2D eigenvalue weighted by atomic mass is 16.3. The Bertz CT molecular complexity index is 563. The van der Waals surface area contributed by atoms with E-state index in [2.05, 4.69) is 58.9 Å². The Morgan fingerprint density at radius 1 is 0.567 bits per heavy atom. The lowest BCUT2D eigenvalue weighted by atomic mass is 10.2. The van der Waals surface area contributed by atoms with Gasteiger partial charge < -0.3 is 0 Å². The maximum atomic E-state index is 9.54. The highest BCUT2D eigenvalue weighted by Crippen LogP contribution is 1.93. The van der Waals surface area contributed by atoms with E-state index in [1.54, 1.807) is 12.2 Å². The number of unbranched alkanes of at least 4 members (excludes halogenated alkanes) is 2. The molecule has 8 nitrogen and oxygen atoms in total. The minimum absolute atomic E-state index is 0.940. The van der Waals surface area contributed by atoms with Gasteiger partial charge in [-0.15, -0.1) is 9.81 Å². The third-order valence-corrected chi connectivity index (χ3v) is 3.02. The van der Waals surface area contributed by atoms with Crippen LogP contribution in [0.15, 0.2) is 93.7 Å². The van der Waals surface area contributed by atoms with E-state index in [4.69, 9.17) is 0 Å². The number of allylic oxidation sites excluding steroid dienone is 12. The molecule has 2 N–H and O–H groups in total. The van der Waals surface area contributed by atoms with Crippen LogP contribution >= 0.6 is 0 Å². The van der Waals surface area contributed by atoms with Gasteiger partial charge in [-0.05, 0) is 37.8 Å². The van der Waals surface area contributed by atoms with Crippen LogP contribution in [0.2, 0.25) is 0 Å². The molecular weight excluding hydrogens is 380 g/mol. The van der Waals surface area contributed by atoms with Gasteiger partial charge in [-0.3, -0.25) is 0 Å². The molecule has 0 aromatic rings. The van der Waals surface area contributed by atoms with Crippen LogP contribution in [0.3, 0.4) is 0 Å². The van der Waals surface area contributed by atoms with Gasteiger partial charge in [-0.25, -0.2) is 0 Å². The molecule has 164 valence electrons. The lowest BCUT2D eigenvalue weighted by molar-refractivity contribution is 0.804. The smallest absolute Gasteiger partial charge is 0.0722 e. The van der Waals surface area contributed by atoms with Gasteiger partial charge in [0.1, 0.15) is 0 Å². The van der Waals surface area contributed by atoms with Crippen molar-refractivity contribution in [2.45, 2.75) is 52.4 Å². The van der Waals surface area contributed by atoms with Crippen molar-refractivity contribution in [1.29, 1.82) is 0 Å². The molecule has 0 fully saturated rings. The fourth-order valence-corrected chi connectivity index (χ4v) is 1.66. The van der Waals surface area contributed by atoms with E-state index in [-0.39, 0.29) is 0 Å². The molecule has 0 saturated heterocycles. The summed E-state index contributed by atoms with van der Waals surface area (Å²) < 4.78 is 0. The van der Waals surface area contributed by atoms with E-state index in [1.807, 2.05) is 47.5 Å². The molecule has 0 amide bonds. The Labute approximate surface area is 179 Å². The van der Waals surface area contributed by atoms with Gasteiger partial charge in [0.05, 0.1) is 10.6 Å². The van der Waals surface area contributed by atoms with Crippen molar-refractivity contribution in [3.05, 3.63) is 82.7 Å². The van der Waals surface area contributed by atoms with Gasteiger partial charge in [0, 0.05) is 12.4 Å². The molecule has 0 bridgehead atoms. The van der Waals surface area contributed by atoms with E-state index in [9.17, 15) is 9.81 Å². The van der Waals surface area contributed by atoms with E-state index >= 15 is 0 Å². The zero-order valence-electron chi connectivity index (χ0n) is 17.9. The Hall–Kier alpha value is -3.42. The van der Waals surface area contributed by atoms with Crippen LogP contribution in [0.4, 0.5) is 0 Å². The zero-order chi connectivity index (χ0) is 22.4. The molecule has 0 saturated carbocycles.